The summed E-state index contributed by atoms with van der Waals surface area (Å²) in [5.74, 6) is 0. The number of anilines is 1. The Morgan fingerprint density at radius 1 is 1.22 bits per heavy atom. The minimum Gasteiger partial charge on any atom is -0.362 e. The van der Waals surface area contributed by atoms with Gasteiger partial charge in [0.1, 0.15) is 11.6 Å². The van der Waals surface area contributed by atoms with Crippen LogP contribution < -0.4 is 4.72 Å². The lowest BCUT2D eigenvalue weighted by Crippen LogP contribution is -2.15. The molecule has 1 heterocycles. The Morgan fingerprint density at radius 3 is 2.48 bits per heavy atom. The van der Waals surface area contributed by atoms with Gasteiger partial charge in [-0.3, -0.25) is 4.72 Å². The lowest BCUT2D eigenvalue weighted by Gasteiger charge is -2.11. The maximum absolute atomic E-state index is 12.7. The van der Waals surface area contributed by atoms with E-state index in [4.69, 9.17) is 27.9 Å². The summed E-state index contributed by atoms with van der Waals surface area (Å²) < 4.78 is 34.4. The fourth-order valence-corrected chi connectivity index (χ4v) is 4.13. The van der Waals surface area contributed by atoms with Gasteiger partial charge in [-0.2, -0.15) is 5.10 Å². The van der Waals surface area contributed by atoms with Crippen molar-refractivity contribution < 1.29 is 13.2 Å². The van der Waals surface area contributed by atoms with Crippen LogP contribution in [0.25, 0.3) is 0 Å². The Bertz CT molecular complexity index is 847. The van der Waals surface area contributed by atoms with Crippen molar-refractivity contribution in [2.75, 3.05) is 11.8 Å². The predicted octanol–water partition coefficient (Wildman–Crippen LogP) is 3.52. The van der Waals surface area contributed by atoms with Crippen molar-refractivity contribution in [1.82, 2.24) is 9.78 Å². The van der Waals surface area contributed by atoms with Crippen molar-refractivity contribution in [1.29, 1.82) is 0 Å². The van der Waals surface area contributed by atoms with Crippen molar-refractivity contribution >= 4 is 38.9 Å². The first-order valence-electron chi connectivity index (χ1n) is 6.68. The minimum atomic E-state index is -3.86. The quantitative estimate of drug-likeness (QED) is 0.864. The summed E-state index contributed by atoms with van der Waals surface area (Å²) in [7, 11) is -2.33. The molecular formula is C14H17Cl2N3O3S. The molecule has 126 valence electrons. The van der Waals surface area contributed by atoms with Crippen LogP contribution in [0, 0.1) is 20.8 Å². The van der Waals surface area contributed by atoms with Gasteiger partial charge in [0.15, 0.2) is 0 Å². The summed E-state index contributed by atoms with van der Waals surface area (Å²) in [5, 5.41) is 4.72. The van der Waals surface area contributed by atoms with E-state index < -0.39 is 10.0 Å². The number of aryl methyl sites for hydroxylation is 2. The highest BCUT2D eigenvalue weighted by Gasteiger charge is 2.23. The first kappa shape index (κ1) is 18.1. The molecule has 23 heavy (non-hydrogen) atoms. The van der Waals surface area contributed by atoms with Crippen LogP contribution >= 0.6 is 23.2 Å². The van der Waals surface area contributed by atoms with Crippen molar-refractivity contribution in [3.8, 4) is 0 Å². The maximum atomic E-state index is 12.7. The third kappa shape index (κ3) is 3.63. The molecule has 0 amide bonds. The van der Waals surface area contributed by atoms with Gasteiger partial charge in [-0.05, 0) is 38.5 Å². The predicted molar refractivity (Wildman–Crippen MR) is 90.7 cm³/mol. The van der Waals surface area contributed by atoms with Crippen LogP contribution in [0.5, 0.6) is 0 Å². The molecule has 1 aromatic carbocycles. The number of halogens is 2. The lowest BCUT2D eigenvalue weighted by molar-refractivity contribution is 0.118. The molecule has 0 saturated heterocycles. The maximum Gasteiger partial charge on any atom is 0.263 e. The molecule has 1 N–H and O–H groups in total. The molecule has 0 saturated carbocycles. The molecule has 0 fully saturated rings. The minimum absolute atomic E-state index is 0.0284. The van der Waals surface area contributed by atoms with Crippen molar-refractivity contribution in [2.24, 2.45) is 0 Å². The van der Waals surface area contributed by atoms with Gasteiger partial charge < -0.3 is 4.74 Å². The molecular weight excluding hydrogens is 361 g/mol. The number of aromatic nitrogens is 2. The van der Waals surface area contributed by atoms with Gasteiger partial charge in [-0.1, -0.05) is 23.2 Å². The van der Waals surface area contributed by atoms with Gasteiger partial charge in [-0.25, -0.2) is 13.1 Å². The van der Waals surface area contributed by atoms with Crippen LogP contribution in [-0.2, 0) is 21.5 Å². The average molecular weight is 378 g/mol. The first-order valence-corrected chi connectivity index (χ1v) is 8.92. The zero-order valence-electron chi connectivity index (χ0n) is 13.1. The molecule has 1 aromatic heterocycles. The molecule has 2 rings (SSSR count). The van der Waals surface area contributed by atoms with Crippen LogP contribution in [0.2, 0.25) is 10.0 Å². The molecule has 0 unspecified atom stereocenters. The Labute approximate surface area is 145 Å². The highest BCUT2D eigenvalue weighted by atomic mass is 35.5. The van der Waals surface area contributed by atoms with Crippen LogP contribution in [0.4, 0.5) is 5.69 Å². The largest absolute Gasteiger partial charge is 0.362 e. The van der Waals surface area contributed by atoms with Gasteiger partial charge in [0.05, 0.1) is 22.1 Å². The van der Waals surface area contributed by atoms with E-state index in [1.807, 2.05) is 0 Å². The van der Waals surface area contributed by atoms with E-state index in [1.165, 1.54) is 19.2 Å². The number of ether oxygens (including phenoxy) is 1. The first-order chi connectivity index (χ1) is 10.7. The number of hydrogen-bond acceptors (Lipinski definition) is 4. The second-order valence-corrected chi connectivity index (χ2v) is 7.57. The number of sulfonamides is 1. The lowest BCUT2D eigenvalue weighted by atomic mass is 10.2. The molecule has 0 radical (unpaired) electrons. The standard InChI is InChI=1S/C14H17Cl2N3O3S/c1-8-5-13(12(16)6-11(8)15)23(20,21)18-14-9(2)17-19(7-22-4)10(14)3/h5-6,18H,7H2,1-4H3. The SMILES string of the molecule is COCn1nc(C)c(NS(=O)(=O)c2cc(C)c(Cl)cc2Cl)c1C. The number of nitrogens with zero attached hydrogens (tertiary/aromatic N) is 2. The molecule has 0 aliphatic heterocycles. The van der Waals surface area contributed by atoms with Crippen molar-refractivity contribution in [3.63, 3.8) is 0 Å². The van der Waals surface area contributed by atoms with E-state index in [9.17, 15) is 8.42 Å². The van der Waals surface area contributed by atoms with Crippen LogP contribution in [-0.4, -0.2) is 25.3 Å². The normalized spacial score (nSPS) is 11.7. The fraction of sp³-hybridized carbons (Fsp3) is 0.357. The Morgan fingerprint density at radius 2 is 1.87 bits per heavy atom. The van der Waals surface area contributed by atoms with E-state index in [2.05, 4.69) is 9.82 Å². The molecule has 0 aliphatic carbocycles. The summed E-state index contributed by atoms with van der Waals surface area (Å²) in [4.78, 5) is -0.0284. The molecule has 0 aliphatic rings. The van der Waals surface area contributed by atoms with Crippen molar-refractivity contribution in [2.45, 2.75) is 32.4 Å². The van der Waals surface area contributed by atoms with E-state index >= 15 is 0 Å². The highest BCUT2D eigenvalue weighted by Crippen LogP contribution is 2.30. The van der Waals surface area contributed by atoms with Gasteiger partial charge in [0.2, 0.25) is 0 Å². The third-order valence-corrected chi connectivity index (χ3v) is 5.59. The second-order valence-electron chi connectivity index (χ2n) is 5.10. The van der Waals surface area contributed by atoms with Gasteiger partial charge in [-0.15, -0.1) is 0 Å². The van der Waals surface area contributed by atoms with Gasteiger partial charge >= 0.3 is 0 Å². The highest BCUT2D eigenvalue weighted by molar-refractivity contribution is 7.92. The Hall–Kier alpha value is -1.28. The topological polar surface area (TPSA) is 73.2 Å². The zero-order chi connectivity index (χ0) is 17.4. The summed E-state index contributed by atoms with van der Waals surface area (Å²) in [6, 6.07) is 2.86. The summed E-state index contributed by atoms with van der Waals surface area (Å²) >= 11 is 12.0. The zero-order valence-corrected chi connectivity index (χ0v) is 15.5. The number of rotatable bonds is 5. The monoisotopic (exact) mass is 377 g/mol. The van der Waals surface area contributed by atoms with Crippen molar-refractivity contribution in [3.05, 3.63) is 39.1 Å². The van der Waals surface area contributed by atoms with E-state index in [0.717, 1.165) is 0 Å². The fourth-order valence-electron chi connectivity index (χ4n) is 2.12. The molecule has 6 nitrogen and oxygen atoms in total. The molecule has 2 aromatic rings. The number of methoxy groups -OCH3 is 1. The Balaban J connectivity index is 2.45. The van der Waals surface area contributed by atoms with Gasteiger partial charge in [0, 0.05) is 12.1 Å². The molecule has 0 spiro atoms. The molecule has 0 atom stereocenters. The Kier molecular flexibility index (Phi) is 5.25. The smallest absolute Gasteiger partial charge is 0.263 e. The average Bonchev–Trinajstić information content (AvgIpc) is 2.70. The van der Waals surface area contributed by atoms with Gasteiger partial charge in [0.25, 0.3) is 10.0 Å². The summed E-state index contributed by atoms with van der Waals surface area (Å²) in [6.45, 7) is 5.41. The van der Waals surface area contributed by atoms with Crippen LogP contribution in [0.3, 0.4) is 0 Å². The number of nitrogens with one attached hydrogen (secondary N) is 1. The second kappa shape index (κ2) is 6.68. The molecule has 9 heteroatoms. The van der Waals surface area contributed by atoms with E-state index in [1.54, 1.807) is 25.5 Å². The van der Waals surface area contributed by atoms with Crippen LogP contribution in [0.1, 0.15) is 17.0 Å². The number of hydrogen-bond donors (Lipinski definition) is 1. The molecule has 0 bridgehead atoms. The summed E-state index contributed by atoms with van der Waals surface area (Å²) in [5.41, 5.74) is 2.23. The number of benzene rings is 1. The van der Waals surface area contributed by atoms with Crippen LogP contribution in [0.15, 0.2) is 17.0 Å². The van der Waals surface area contributed by atoms with E-state index in [-0.39, 0.29) is 16.6 Å². The third-order valence-electron chi connectivity index (χ3n) is 3.37. The summed E-state index contributed by atoms with van der Waals surface area (Å²) in [6.07, 6.45) is 0. The van der Waals surface area contributed by atoms with E-state index in [0.29, 0.717) is 27.7 Å².